The molecule has 0 aromatic heterocycles. The van der Waals surface area contributed by atoms with E-state index in [0.29, 0.717) is 17.8 Å². The van der Waals surface area contributed by atoms with Gasteiger partial charge in [-0.15, -0.1) is 0 Å². The molecule has 1 aliphatic rings. The summed E-state index contributed by atoms with van der Waals surface area (Å²) in [4.78, 5) is 15.0. The third-order valence-electron chi connectivity index (χ3n) is 5.72. The van der Waals surface area contributed by atoms with Crippen LogP contribution in [0.2, 0.25) is 0 Å². The Morgan fingerprint density at radius 1 is 1.03 bits per heavy atom. The normalized spacial score (nSPS) is 17.5. The van der Waals surface area contributed by atoms with Crippen LogP contribution in [0.1, 0.15) is 50.4 Å². The summed E-state index contributed by atoms with van der Waals surface area (Å²) in [5, 5.41) is 2.87. The minimum absolute atomic E-state index is 0.00559. The Balaban J connectivity index is 1.69. The van der Waals surface area contributed by atoms with E-state index in [4.69, 9.17) is 0 Å². The number of nitrogens with zero attached hydrogens (tertiary/aromatic N) is 2. The van der Waals surface area contributed by atoms with Crippen molar-refractivity contribution in [2.24, 2.45) is 0 Å². The number of rotatable bonds is 7. The molecule has 2 aromatic carbocycles. The van der Waals surface area contributed by atoms with Gasteiger partial charge in [-0.1, -0.05) is 6.42 Å². The maximum atomic E-state index is 12.9. The van der Waals surface area contributed by atoms with Gasteiger partial charge >= 0.3 is 0 Å². The van der Waals surface area contributed by atoms with Crippen LogP contribution in [0.3, 0.4) is 0 Å². The summed E-state index contributed by atoms with van der Waals surface area (Å²) in [6, 6.07) is 13.9. The van der Waals surface area contributed by atoms with E-state index in [9.17, 15) is 13.2 Å². The second kappa shape index (κ2) is 9.62. The molecule has 1 aliphatic heterocycles. The van der Waals surface area contributed by atoms with Crippen LogP contribution in [-0.4, -0.2) is 44.3 Å². The molecular weight excluding hydrogens is 398 g/mol. The molecule has 0 radical (unpaired) electrons. The van der Waals surface area contributed by atoms with Gasteiger partial charge in [0.25, 0.3) is 5.91 Å². The number of anilines is 2. The first-order valence-electron chi connectivity index (χ1n) is 10.6. The van der Waals surface area contributed by atoms with Gasteiger partial charge in [0.05, 0.1) is 4.90 Å². The first-order valence-corrected chi connectivity index (χ1v) is 12.1. The zero-order chi connectivity index (χ0) is 21.7. The van der Waals surface area contributed by atoms with Gasteiger partial charge in [-0.3, -0.25) is 4.79 Å². The second-order valence-corrected chi connectivity index (χ2v) is 9.55. The number of carbonyl (C=O) groups excluding carboxylic acids is 1. The van der Waals surface area contributed by atoms with Crippen LogP contribution in [0.15, 0.2) is 53.4 Å². The van der Waals surface area contributed by atoms with Crippen molar-refractivity contribution in [3.63, 3.8) is 0 Å². The first-order chi connectivity index (χ1) is 14.4. The molecule has 1 atom stereocenters. The van der Waals surface area contributed by atoms with E-state index in [1.54, 1.807) is 16.4 Å². The zero-order valence-electron chi connectivity index (χ0n) is 18.0. The molecule has 7 heteroatoms. The molecule has 1 N–H and O–H groups in total. The van der Waals surface area contributed by atoms with Gasteiger partial charge in [0.2, 0.25) is 10.0 Å². The van der Waals surface area contributed by atoms with Crippen LogP contribution in [0.4, 0.5) is 11.4 Å². The lowest BCUT2D eigenvalue weighted by molar-refractivity contribution is 0.102. The highest BCUT2D eigenvalue weighted by molar-refractivity contribution is 7.89. The van der Waals surface area contributed by atoms with Gasteiger partial charge in [-0.25, -0.2) is 8.42 Å². The molecule has 6 nitrogen and oxygen atoms in total. The lowest BCUT2D eigenvalue weighted by Crippen LogP contribution is -2.41. The molecule has 0 aliphatic carbocycles. The number of amides is 1. The van der Waals surface area contributed by atoms with E-state index in [1.807, 2.05) is 31.2 Å². The summed E-state index contributed by atoms with van der Waals surface area (Å²) in [7, 11) is -3.53. The molecule has 1 heterocycles. The fraction of sp³-hybridized carbons (Fsp3) is 0.435. The second-order valence-electron chi connectivity index (χ2n) is 7.66. The third kappa shape index (κ3) is 4.84. The molecule has 30 heavy (non-hydrogen) atoms. The molecule has 1 amide bonds. The van der Waals surface area contributed by atoms with Crippen molar-refractivity contribution >= 4 is 27.3 Å². The van der Waals surface area contributed by atoms with Gasteiger partial charge < -0.3 is 10.2 Å². The van der Waals surface area contributed by atoms with E-state index in [0.717, 1.165) is 38.0 Å². The van der Waals surface area contributed by atoms with E-state index in [2.05, 4.69) is 24.1 Å². The van der Waals surface area contributed by atoms with E-state index in [1.165, 1.54) is 12.1 Å². The molecule has 1 fully saturated rings. The maximum absolute atomic E-state index is 12.9. The predicted molar refractivity (Wildman–Crippen MR) is 122 cm³/mol. The molecule has 3 rings (SSSR count). The number of hydrogen-bond acceptors (Lipinski definition) is 4. The van der Waals surface area contributed by atoms with Crippen molar-refractivity contribution in [1.82, 2.24) is 4.31 Å². The number of hydrogen-bond donors (Lipinski definition) is 1. The van der Waals surface area contributed by atoms with Gasteiger partial charge in [0.15, 0.2) is 0 Å². The topological polar surface area (TPSA) is 69.7 Å². The Hall–Kier alpha value is -2.38. The molecule has 0 spiro atoms. The smallest absolute Gasteiger partial charge is 0.255 e. The van der Waals surface area contributed by atoms with E-state index >= 15 is 0 Å². The Labute approximate surface area is 179 Å². The lowest BCUT2D eigenvalue weighted by Gasteiger charge is -2.32. The number of piperidine rings is 1. The van der Waals surface area contributed by atoms with Crippen LogP contribution in [-0.2, 0) is 10.0 Å². The Bertz CT molecular complexity index is 952. The summed E-state index contributed by atoms with van der Waals surface area (Å²) in [6.07, 6.45) is 2.83. The number of benzene rings is 2. The molecule has 2 aromatic rings. The fourth-order valence-electron chi connectivity index (χ4n) is 3.89. The van der Waals surface area contributed by atoms with Crippen LogP contribution in [0.25, 0.3) is 0 Å². The maximum Gasteiger partial charge on any atom is 0.255 e. The fourth-order valence-corrected chi connectivity index (χ4v) is 5.59. The molecule has 0 bridgehead atoms. The van der Waals surface area contributed by atoms with Gasteiger partial charge in [-0.2, -0.15) is 4.31 Å². The van der Waals surface area contributed by atoms with E-state index < -0.39 is 10.0 Å². The van der Waals surface area contributed by atoms with Gasteiger partial charge in [0.1, 0.15) is 0 Å². The predicted octanol–water partition coefficient (Wildman–Crippen LogP) is 4.35. The average molecular weight is 430 g/mol. The molecular formula is C23H31N3O3S. The third-order valence-corrected chi connectivity index (χ3v) is 7.75. The van der Waals surface area contributed by atoms with Crippen LogP contribution < -0.4 is 10.2 Å². The molecule has 1 unspecified atom stereocenters. The van der Waals surface area contributed by atoms with Crippen LogP contribution in [0.5, 0.6) is 0 Å². The highest BCUT2D eigenvalue weighted by atomic mass is 32.2. The average Bonchev–Trinajstić information content (AvgIpc) is 2.76. The summed E-state index contributed by atoms with van der Waals surface area (Å²) >= 11 is 0. The summed E-state index contributed by atoms with van der Waals surface area (Å²) in [6.45, 7) is 8.56. The Morgan fingerprint density at radius 2 is 1.67 bits per heavy atom. The summed E-state index contributed by atoms with van der Waals surface area (Å²) < 4.78 is 27.4. The lowest BCUT2D eigenvalue weighted by atomic mass is 10.1. The number of carbonyl (C=O) groups is 1. The van der Waals surface area contributed by atoms with Gasteiger partial charge in [-0.05, 0) is 82.1 Å². The van der Waals surface area contributed by atoms with Crippen molar-refractivity contribution in [3.05, 3.63) is 54.1 Å². The quantitative estimate of drug-likeness (QED) is 0.710. The minimum Gasteiger partial charge on any atom is -0.372 e. The first kappa shape index (κ1) is 22.3. The van der Waals surface area contributed by atoms with Crippen LogP contribution >= 0.6 is 0 Å². The summed E-state index contributed by atoms with van der Waals surface area (Å²) in [5.41, 5.74) is 2.24. The highest BCUT2D eigenvalue weighted by Crippen LogP contribution is 2.25. The van der Waals surface area contributed by atoms with E-state index in [-0.39, 0.29) is 16.8 Å². The van der Waals surface area contributed by atoms with Crippen molar-refractivity contribution in [2.45, 2.75) is 51.0 Å². The zero-order valence-corrected chi connectivity index (χ0v) is 18.8. The SMILES string of the molecule is CCN(CC)c1ccc(NC(=O)c2ccc(S(=O)(=O)N3CCCCC3C)cc2)cc1. The number of sulfonamides is 1. The standard InChI is InChI=1S/C23H31N3O3S/c1-4-25(5-2)21-13-11-20(12-14-21)24-23(27)19-9-15-22(16-10-19)30(28,29)26-17-7-6-8-18(26)3/h9-16,18H,4-8,17H2,1-3H3,(H,24,27). The van der Waals surface area contributed by atoms with Crippen LogP contribution in [0, 0.1) is 0 Å². The largest absolute Gasteiger partial charge is 0.372 e. The molecule has 1 saturated heterocycles. The van der Waals surface area contributed by atoms with Crippen molar-refractivity contribution in [3.8, 4) is 0 Å². The van der Waals surface area contributed by atoms with Crippen molar-refractivity contribution in [2.75, 3.05) is 29.9 Å². The molecule has 162 valence electrons. The number of nitrogens with one attached hydrogen (secondary N) is 1. The minimum atomic E-state index is -3.53. The Kier molecular flexibility index (Phi) is 7.15. The highest BCUT2D eigenvalue weighted by Gasteiger charge is 2.30. The molecule has 0 saturated carbocycles. The van der Waals surface area contributed by atoms with Crippen molar-refractivity contribution in [1.29, 1.82) is 0 Å². The van der Waals surface area contributed by atoms with Crippen molar-refractivity contribution < 1.29 is 13.2 Å². The summed E-state index contributed by atoms with van der Waals surface area (Å²) in [5.74, 6) is -0.263. The van der Waals surface area contributed by atoms with Gasteiger partial charge in [0, 0.05) is 42.6 Å². The Morgan fingerprint density at radius 3 is 2.23 bits per heavy atom. The monoisotopic (exact) mass is 429 g/mol.